The normalized spacial score (nSPS) is 26.4. The molecule has 88 valence electrons. The Hall–Kier alpha value is -0.120. The molecule has 3 nitrogen and oxygen atoms in total. The first-order chi connectivity index (χ1) is 7.24. The molecule has 0 spiro atoms. The lowest BCUT2D eigenvalue weighted by Crippen LogP contribution is -2.61. The predicted molar refractivity (Wildman–Crippen MR) is 61.8 cm³/mol. The lowest BCUT2D eigenvalue weighted by atomic mass is 9.84. The van der Waals surface area contributed by atoms with Crippen molar-refractivity contribution in [3.8, 4) is 0 Å². The first kappa shape index (κ1) is 11.4. The number of hydrogen-bond donors (Lipinski definition) is 1. The minimum atomic E-state index is 0.125. The van der Waals surface area contributed by atoms with E-state index in [9.17, 15) is 0 Å². The van der Waals surface area contributed by atoms with E-state index in [1.54, 1.807) is 7.11 Å². The van der Waals surface area contributed by atoms with Crippen LogP contribution < -0.4 is 5.73 Å². The first-order valence-corrected chi connectivity index (χ1v) is 6.16. The maximum atomic E-state index is 6.03. The molecule has 0 aromatic carbocycles. The molecule has 2 rings (SSSR count). The standard InChI is InChI=1S/C12H24N2O/c1-14(11-4-3-5-11)12(8-13,9-15-2)10-6-7-10/h10-11H,3-9,13H2,1-2H3. The maximum Gasteiger partial charge on any atom is 0.0661 e. The predicted octanol–water partition coefficient (Wildman–Crippen LogP) is 1.22. The van der Waals surface area contributed by atoms with Crippen molar-refractivity contribution < 1.29 is 4.74 Å². The van der Waals surface area contributed by atoms with Gasteiger partial charge in [-0.1, -0.05) is 6.42 Å². The molecule has 2 saturated carbocycles. The zero-order valence-corrected chi connectivity index (χ0v) is 10.0. The van der Waals surface area contributed by atoms with Crippen LogP contribution in [-0.2, 0) is 4.74 Å². The van der Waals surface area contributed by atoms with E-state index in [0.717, 1.165) is 25.1 Å². The highest BCUT2D eigenvalue weighted by Gasteiger charge is 2.49. The summed E-state index contributed by atoms with van der Waals surface area (Å²) >= 11 is 0. The number of nitrogens with zero attached hydrogens (tertiary/aromatic N) is 1. The fourth-order valence-electron chi connectivity index (χ4n) is 2.89. The van der Waals surface area contributed by atoms with Crippen molar-refractivity contribution in [2.24, 2.45) is 11.7 Å². The monoisotopic (exact) mass is 212 g/mol. The molecule has 15 heavy (non-hydrogen) atoms. The Kier molecular flexibility index (Phi) is 3.33. The number of nitrogens with two attached hydrogens (primary N) is 1. The number of rotatable bonds is 6. The molecule has 3 heteroatoms. The lowest BCUT2D eigenvalue weighted by Gasteiger charge is -2.48. The highest BCUT2D eigenvalue weighted by atomic mass is 16.5. The van der Waals surface area contributed by atoms with Gasteiger partial charge in [0.05, 0.1) is 12.1 Å². The fraction of sp³-hybridized carbons (Fsp3) is 1.00. The van der Waals surface area contributed by atoms with E-state index in [4.69, 9.17) is 10.5 Å². The summed E-state index contributed by atoms with van der Waals surface area (Å²) in [7, 11) is 4.04. The summed E-state index contributed by atoms with van der Waals surface area (Å²) < 4.78 is 5.42. The quantitative estimate of drug-likeness (QED) is 0.719. The molecule has 2 fully saturated rings. The first-order valence-electron chi connectivity index (χ1n) is 6.16. The Morgan fingerprint density at radius 3 is 2.33 bits per heavy atom. The zero-order chi connectivity index (χ0) is 10.9. The molecule has 2 aliphatic carbocycles. The third-order valence-electron chi connectivity index (χ3n) is 4.41. The van der Waals surface area contributed by atoms with Crippen LogP contribution in [0, 0.1) is 5.92 Å². The van der Waals surface area contributed by atoms with E-state index in [0.29, 0.717) is 0 Å². The van der Waals surface area contributed by atoms with Gasteiger partial charge in [-0.05, 0) is 38.6 Å². The van der Waals surface area contributed by atoms with Crippen LogP contribution in [0.4, 0.5) is 0 Å². The molecule has 2 N–H and O–H groups in total. The summed E-state index contributed by atoms with van der Waals surface area (Å²) in [6.07, 6.45) is 6.73. The summed E-state index contributed by atoms with van der Waals surface area (Å²) in [6.45, 7) is 1.53. The van der Waals surface area contributed by atoms with Gasteiger partial charge in [0.1, 0.15) is 0 Å². The van der Waals surface area contributed by atoms with Crippen LogP contribution in [0.2, 0.25) is 0 Å². The molecule has 1 unspecified atom stereocenters. The van der Waals surface area contributed by atoms with Gasteiger partial charge in [-0.2, -0.15) is 0 Å². The van der Waals surface area contributed by atoms with Crippen molar-refractivity contribution in [2.75, 3.05) is 27.3 Å². The van der Waals surface area contributed by atoms with Crippen molar-refractivity contribution in [2.45, 2.75) is 43.7 Å². The smallest absolute Gasteiger partial charge is 0.0661 e. The second-order valence-corrected chi connectivity index (χ2v) is 5.21. The fourth-order valence-corrected chi connectivity index (χ4v) is 2.89. The Morgan fingerprint density at radius 2 is 2.00 bits per heavy atom. The molecular weight excluding hydrogens is 188 g/mol. The third kappa shape index (κ3) is 1.93. The average molecular weight is 212 g/mol. The summed E-state index contributed by atoms with van der Waals surface area (Å²) in [6, 6.07) is 0.754. The highest BCUT2D eigenvalue weighted by Crippen LogP contribution is 2.45. The maximum absolute atomic E-state index is 6.03. The average Bonchev–Trinajstić information content (AvgIpc) is 2.94. The van der Waals surface area contributed by atoms with E-state index >= 15 is 0 Å². The Morgan fingerprint density at radius 1 is 1.33 bits per heavy atom. The van der Waals surface area contributed by atoms with Gasteiger partial charge in [0.2, 0.25) is 0 Å². The largest absolute Gasteiger partial charge is 0.383 e. The SMILES string of the molecule is COCC(CN)(C1CC1)N(C)C1CCC1. The van der Waals surface area contributed by atoms with Gasteiger partial charge in [-0.25, -0.2) is 0 Å². The topological polar surface area (TPSA) is 38.5 Å². The second kappa shape index (κ2) is 4.40. The van der Waals surface area contributed by atoms with E-state index < -0.39 is 0 Å². The molecule has 0 aromatic rings. The molecule has 0 aromatic heterocycles. The van der Waals surface area contributed by atoms with Gasteiger partial charge >= 0.3 is 0 Å². The summed E-state index contributed by atoms with van der Waals surface area (Å²) in [4.78, 5) is 2.53. The van der Waals surface area contributed by atoms with Crippen molar-refractivity contribution in [1.29, 1.82) is 0 Å². The Labute approximate surface area is 93.0 Å². The van der Waals surface area contributed by atoms with Crippen molar-refractivity contribution in [3.63, 3.8) is 0 Å². The second-order valence-electron chi connectivity index (χ2n) is 5.21. The molecule has 0 heterocycles. The zero-order valence-electron chi connectivity index (χ0n) is 10.0. The van der Waals surface area contributed by atoms with E-state index in [-0.39, 0.29) is 5.54 Å². The molecule has 0 aliphatic heterocycles. The van der Waals surface area contributed by atoms with E-state index in [2.05, 4.69) is 11.9 Å². The van der Waals surface area contributed by atoms with Crippen LogP contribution in [0.15, 0.2) is 0 Å². The molecule has 1 atom stereocenters. The summed E-state index contributed by atoms with van der Waals surface area (Å²) in [5.74, 6) is 0.771. The van der Waals surface area contributed by atoms with Crippen LogP contribution in [0.5, 0.6) is 0 Å². The molecule has 2 aliphatic rings. The lowest BCUT2D eigenvalue weighted by molar-refractivity contribution is -0.0289. The van der Waals surface area contributed by atoms with Gasteiger partial charge < -0.3 is 10.5 Å². The minimum Gasteiger partial charge on any atom is -0.383 e. The van der Waals surface area contributed by atoms with Crippen molar-refractivity contribution >= 4 is 0 Å². The molecule has 0 amide bonds. The molecule has 0 radical (unpaired) electrons. The van der Waals surface area contributed by atoms with E-state index in [1.165, 1.54) is 32.1 Å². The third-order valence-corrected chi connectivity index (χ3v) is 4.41. The van der Waals surface area contributed by atoms with Crippen molar-refractivity contribution in [1.82, 2.24) is 4.90 Å². The van der Waals surface area contributed by atoms with Crippen LogP contribution in [0.25, 0.3) is 0 Å². The molecule has 0 bridgehead atoms. The van der Waals surface area contributed by atoms with Crippen LogP contribution in [-0.4, -0.2) is 43.8 Å². The highest BCUT2D eigenvalue weighted by molar-refractivity contribution is 5.05. The van der Waals surface area contributed by atoms with Gasteiger partial charge in [0.25, 0.3) is 0 Å². The Bertz CT molecular complexity index is 214. The molecular formula is C12H24N2O. The van der Waals surface area contributed by atoms with Gasteiger partial charge in [0.15, 0.2) is 0 Å². The summed E-state index contributed by atoms with van der Waals surface area (Å²) in [5.41, 5.74) is 6.16. The molecule has 0 saturated heterocycles. The minimum absolute atomic E-state index is 0.125. The summed E-state index contributed by atoms with van der Waals surface area (Å²) in [5, 5.41) is 0. The van der Waals surface area contributed by atoms with Gasteiger partial charge in [0, 0.05) is 19.7 Å². The number of methoxy groups -OCH3 is 1. The Balaban J connectivity index is 2.07. The number of ether oxygens (including phenoxy) is 1. The van der Waals surface area contributed by atoms with Crippen LogP contribution in [0.1, 0.15) is 32.1 Å². The van der Waals surface area contributed by atoms with Crippen LogP contribution in [0.3, 0.4) is 0 Å². The van der Waals surface area contributed by atoms with E-state index in [1.807, 2.05) is 0 Å². The van der Waals surface area contributed by atoms with Crippen molar-refractivity contribution in [3.05, 3.63) is 0 Å². The van der Waals surface area contributed by atoms with Gasteiger partial charge in [-0.15, -0.1) is 0 Å². The van der Waals surface area contributed by atoms with Gasteiger partial charge in [-0.3, -0.25) is 4.90 Å². The number of likely N-dealkylation sites (N-methyl/N-ethyl adjacent to an activating group) is 1. The van der Waals surface area contributed by atoms with Crippen LogP contribution >= 0.6 is 0 Å². The number of hydrogen-bond acceptors (Lipinski definition) is 3.